The number of aliphatic hydroxyl groups is 1. The molecule has 12 nitrogen and oxygen atoms in total. The summed E-state index contributed by atoms with van der Waals surface area (Å²) in [6.07, 6.45) is -13.1. The summed E-state index contributed by atoms with van der Waals surface area (Å²) in [5, 5.41) is 18.2. The lowest BCUT2D eigenvalue weighted by atomic mass is 10.2. The minimum atomic E-state index is -5.11. The summed E-state index contributed by atoms with van der Waals surface area (Å²) >= 11 is 5.89. The zero-order valence-electron chi connectivity index (χ0n) is 22.0. The molecule has 19 heteroatoms. The maximum Gasteiger partial charge on any atom is 0.573 e. The van der Waals surface area contributed by atoms with Crippen LogP contribution in [-0.4, -0.2) is 63.8 Å². The van der Waals surface area contributed by atoms with Crippen molar-refractivity contribution >= 4 is 17.6 Å². The predicted molar refractivity (Wildman–Crippen MR) is 134 cm³/mol. The van der Waals surface area contributed by atoms with Crippen LogP contribution in [0.1, 0.15) is 31.6 Å². The SMILES string of the molecule is CC(=O)O[C@H](C)c1nc(Cn2nc(-c3ccc(Cl)cc3)n(CC(O)C(F)(F)F)c2=O)nn1-c1ncccc1OC(F)(F)F. The van der Waals surface area contributed by atoms with Crippen molar-refractivity contribution in [2.75, 3.05) is 0 Å². The van der Waals surface area contributed by atoms with Gasteiger partial charge in [-0.1, -0.05) is 11.6 Å². The lowest BCUT2D eigenvalue weighted by molar-refractivity contribution is -0.274. The van der Waals surface area contributed by atoms with E-state index < -0.39 is 61.1 Å². The zero-order chi connectivity index (χ0) is 31.7. The molecule has 4 rings (SSSR count). The number of aromatic nitrogens is 7. The van der Waals surface area contributed by atoms with Crippen LogP contribution < -0.4 is 10.4 Å². The van der Waals surface area contributed by atoms with Crippen molar-refractivity contribution in [1.29, 1.82) is 0 Å². The first-order chi connectivity index (χ1) is 20.0. The van der Waals surface area contributed by atoms with Gasteiger partial charge in [0.15, 0.2) is 41.2 Å². The number of alkyl halides is 6. The van der Waals surface area contributed by atoms with Gasteiger partial charge in [-0.3, -0.25) is 9.36 Å². The third-order valence-electron chi connectivity index (χ3n) is 5.61. The maximum absolute atomic E-state index is 13.2. The van der Waals surface area contributed by atoms with E-state index in [1.165, 1.54) is 31.2 Å². The van der Waals surface area contributed by atoms with Gasteiger partial charge in [-0.05, 0) is 43.3 Å². The third-order valence-corrected chi connectivity index (χ3v) is 5.86. The number of carbonyl (C=O) groups excluding carboxylic acids is 1. The molecule has 43 heavy (non-hydrogen) atoms. The van der Waals surface area contributed by atoms with Crippen LogP contribution in [0.2, 0.25) is 5.02 Å². The highest BCUT2D eigenvalue weighted by Crippen LogP contribution is 2.30. The second-order valence-electron chi connectivity index (χ2n) is 8.86. The highest BCUT2D eigenvalue weighted by molar-refractivity contribution is 6.30. The Balaban J connectivity index is 1.82. The van der Waals surface area contributed by atoms with E-state index in [4.69, 9.17) is 16.3 Å². The first-order valence-electron chi connectivity index (χ1n) is 12.1. The largest absolute Gasteiger partial charge is 0.573 e. The van der Waals surface area contributed by atoms with Gasteiger partial charge in [-0.2, -0.15) is 17.9 Å². The van der Waals surface area contributed by atoms with Crippen molar-refractivity contribution in [3.05, 3.63) is 69.8 Å². The van der Waals surface area contributed by atoms with E-state index in [1.54, 1.807) is 0 Å². The molecule has 3 aromatic heterocycles. The van der Waals surface area contributed by atoms with Crippen LogP contribution in [0.5, 0.6) is 5.75 Å². The number of hydrogen-bond donors (Lipinski definition) is 1. The number of nitrogens with zero attached hydrogens (tertiary/aromatic N) is 7. The number of halogens is 7. The summed E-state index contributed by atoms with van der Waals surface area (Å²) in [5.41, 5.74) is -0.919. The molecule has 1 unspecified atom stereocenters. The molecule has 0 saturated carbocycles. The zero-order valence-corrected chi connectivity index (χ0v) is 22.7. The van der Waals surface area contributed by atoms with Gasteiger partial charge in [0.05, 0.1) is 6.54 Å². The second-order valence-corrected chi connectivity index (χ2v) is 9.30. The van der Waals surface area contributed by atoms with E-state index in [9.17, 15) is 41.0 Å². The van der Waals surface area contributed by atoms with Crippen molar-refractivity contribution < 1.29 is 45.7 Å². The minimum absolute atomic E-state index is 0.180. The van der Waals surface area contributed by atoms with Gasteiger partial charge in [0.2, 0.25) is 0 Å². The molecular weight excluding hydrogens is 616 g/mol. The lowest BCUT2D eigenvalue weighted by Gasteiger charge is -2.15. The van der Waals surface area contributed by atoms with E-state index in [0.717, 1.165) is 29.9 Å². The summed E-state index contributed by atoms with van der Waals surface area (Å²) in [4.78, 5) is 32.9. The molecule has 2 atom stereocenters. The van der Waals surface area contributed by atoms with Gasteiger partial charge < -0.3 is 14.6 Å². The molecule has 1 N–H and O–H groups in total. The van der Waals surface area contributed by atoms with Gasteiger partial charge in [-0.25, -0.2) is 19.4 Å². The Morgan fingerprint density at radius 1 is 1.09 bits per heavy atom. The summed E-state index contributed by atoms with van der Waals surface area (Å²) in [6.45, 7) is 0.612. The van der Waals surface area contributed by atoms with E-state index >= 15 is 0 Å². The van der Waals surface area contributed by atoms with Gasteiger partial charge in [-0.15, -0.1) is 23.4 Å². The topological polar surface area (TPSA) is 139 Å². The molecule has 0 bridgehead atoms. The van der Waals surface area contributed by atoms with Crippen molar-refractivity contribution in [3.8, 4) is 23.0 Å². The van der Waals surface area contributed by atoms with Gasteiger partial charge in [0, 0.05) is 23.7 Å². The Hall–Kier alpha value is -4.45. The normalized spacial score (nSPS) is 13.5. The minimum Gasteiger partial charge on any atom is -0.455 e. The Morgan fingerprint density at radius 3 is 2.37 bits per heavy atom. The van der Waals surface area contributed by atoms with Crippen molar-refractivity contribution in [3.63, 3.8) is 0 Å². The molecular formula is C24H20ClF6N7O5. The standard InChI is InChI=1S/C24H20ClF6N7O5/c1-12(42-13(2)39)19-33-18(34-38(19)21-16(4-3-9-32-21)43-24(29,30)31)11-37-22(41)36(10-17(40)23(26,27)28)20(35-37)14-5-7-15(25)8-6-14/h3-9,12,17,40H,10-11H2,1-2H3/t12-,17?/m1/s1. The van der Waals surface area contributed by atoms with E-state index in [2.05, 4.69) is 24.9 Å². The van der Waals surface area contributed by atoms with Gasteiger partial charge in [0.25, 0.3) is 0 Å². The Kier molecular flexibility index (Phi) is 8.82. The average molecular weight is 636 g/mol. The third kappa shape index (κ3) is 7.50. The van der Waals surface area contributed by atoms with Crippen LogP contribution in [0.3, 0.4) is 0 Å². The van der Waals surface area contributed by atoms with Crippen molar-refractivity contribution in [2.24, 2.45) is 0 Å². The van der Waals surface area contributed by atoms with Crippen LogP contribution in [0.4, 0.5) is 26.3 Å². The molecule has 230 valence electrons. The molecule has 0 aliphatic carbocycles. The van der Waals surface area contributed by atoms with E-state index in [0.29, 0.717) is 14.3 Å². The first-order valence-corrected chi connectivity index (χ1v) is 12.4. The molecule has 0 fully saturated rings. The maximum atomic E-state index is 13.2. The molecule has 0 amide bonds. The van der Waals surface area contributed by atoms with Crippen molar-refractivity contribution in [2.45, 2.75) is 51.7 Å². The Bertz CT molecular complexity index is 1670. The summed E-state index contributed by atoms with van der Waals surface area (Å²) in [7, 11) is 0. The summed E-state index contributed by atoms with van der Waals surface area (Å²) < 4.78 is 89.9. The molecule has 0 aliphatic rings. The quantitative estimate of drug-likeness (QED) is 0.215. The summed E-state index contributed by atoms with van der Waals surface area (Å²) in [5.74, 6) is -2.81. The van der Waals surface area contributed by atoms with Crippen LogP contribution in [-0.2, 0) is 22.6 Å². The van der Waals surface area contributed by atoms with Gasteiger partial charge in [0.1, 0.15) is 6.54 Å². The second kappa shape index (κ2) is 12.0. The predicted octanol–water partition coefficient (Wildman–Crippen LogP) is 3.84. The number of ether oxygens (including phenoxy) is 2. The fourth-order valence-electron chi connectivity index (χ4n) is 3.83. The Labute approximate surface area is 242 Å². The van der Waals surface area contributed by atoms with E-state index in [1.807, 2.05) is 0 Å². The smallest absolute Gasteiger partial charge is 0.455 e. The number of esters is 1. The van der Waals surface area contributed by atoms with Gasteiger partial charge >= 0.3 is 24.2 Å². The molecule has 1 aromatic carbocycles. The number of carbonyl (C=O) groups is 1. The number of pyridine rings is 1. The number of rotatable bonds is 9. The van der Waals surface area contributed by atoms with Crippen LogP contribution in [0.15, 0.2) is 47.4 Å². The number of hydrogen-bond acceptors (Lipinski definition) is 9. The monoisotopic (exact) mass is 635 g/mol. The highest BCUT2D eigenvalue weighted by atomic mass is 35.5. The molecule has 0 spiro atoms. The molecule has 4 aromatic rings. The van der Waals surface area contributed by atoms with Crippen LogP contribution in [0, 0.1) is 0 Å². The van der Waals surface area contributed by atoms with Crippen LogP contribution >= 0.6 is 11.6 Å². The highest BCUT2D eigenvalue weighted by Gasteiger charge is 2.39. The first kappa shape index (κ1) is 31.5. The van der Waals surface area contributed by atoms with Crippen LogP contribution in [0.25, 0.3) is 17.2 Å². The lowest BCUT2D eigenvalue weighted by Crippen LogP contribution is -2.37. The molecule has 0 saturated heterocycles. The molecule has 3 heterocycles. The average Bonchev–Trinajstić information content (AvgIpc) is 3.45. The Morgan fingerprint density at radius 2 is 1.77 bits per heavy atom. The molecule has 0 radical (unpaired) electrons. The molecule has 0 aliphatic heterocycles. The number of benzene rings is 1. The fraction of sp³-hybridized carbons (Fsp3) is 0.333. The number of aliphatic hydroxyl groups excluding tert-OH is 1. The fourth-order valence-corrected chi connectivity index (χ4v) is 3.96. The summed E-state index contributed by atoms with van der Waals surface area (Å²) in [6, 6.07) is 7.71. The van der Waals surface area contributed by atoms with Crippen molar-refractivity contribution in [1.82, 2.24) is 34.1 Å². The van der Waals surface area contributed by atoms with E-state index in [-0.39, 0.29) is 23.0 Å².